The highest BCUT2D eigenvalue weighted by molar-refractivity contribution is 5.78. The zero-order valence-corrected chi connectivity index (χ0v) is 10.6. The van der Waals surface area contributed by atoms with Crippen LogP contribution in [0.2, 0.25) is 0 Å². The van der Waals surface area contributed by atoms with Crippen molar-refractivity contribution >= 4 is 5.91 Å². The Morgan fingerprint density at radius 2 is 1.88 bits per heavy atom. The SMILES string of the molecule is CC1CN(CC(=O)N(C)C2CC2)CC(C)N1. The Morgan fingerprint density at radius 1 is 1.31 bits per heavy atom. The van der Waals surface area contributed by atoms with Crippen LogP contribution in [-0.2, 0) is 4.79 Å². The van der Waals surface area contributed by atoms with Gasteiger partial charge >= 0.3 is 0 Å². The summed E-state index contributed by atoms with van der Waals surface area (Å²) in [5, 5.41) is 3.48. The average Bonchev–Trinajstić information content (AvgIpc) is 2.97. The molecule has 0 radical (unpaired) electrons. The number of nitrogens with one attached hydrogen (secondary N) is 1. The Balaban J connectivity index is 1.81. The fourth-order valence-electron chi connectivity index (χ4n) is 2.54. The molecule has 2 rings (SSSR count). The van der Waals surface area contributed by atoms with Gasteiger partial charge in [-0.15, -0.1) is 0 Å². The smallest absolute Gasteiger partial charge is 0.236 e. The summed E-state index contributed by atoms with van der Waals surface area (Å²) in [5.41, 5.74) is 0. The van der Waals surface area contributed by atoms with E-state index in [1.165, 1.54) is 12.8 Å². The number of carbonyl (C=O) groups is 1. The van der Waals surface area contributed by atoms with E-state index in [1.807, 2.05) is 11.9 Å². The second-order valence-corrected chi connectivity index (χ2v) is 5.40. The quantitative estimate of drug-likeness (QED) is 0.750. The predicted octanol–water partition coefficient (Wildman–Crippen LogP) is 0.289. The molecule has 0 spiro atoms. The largest absolute Gasteiger partial charge is 0.342 e. The monoisotopic (exact) mass is 225 g/mol. The Kier molecular flexibility index (Phi) is 3.50. The van der Waals surface area contributed by atoms with E-state index >= 15 is 0 Å². The van der Waals surface area contributed by atoms with E-state index in [0.717, 1.165) is 13.1 Å². The highest BCUT2D eigenvalue weighted by Crippen LogP contribution is 2.25. The van der Waals surface area contributed by atoms with Gasteiger partial charge in [0.25, 0.3) is 0 Å². The van der Waals surface area contributed by atoms with E-state index in [0.29, 0.717) is 24.7 Å². The third-order valence-corrected chi connectivity index (χ3v) is 3.48. The van der Waals surface area contributed by atoms with Crippen molar-refractivity contribution in [2.75, 3.05) is 26.7 Å². The van der Waals surface area contributed by atoms with E-state index in [9.17, 15) is 4.79 Å². The summed E-state index contributed by atoms with van der Waals surface area (Å²) < 4.78 is 0. The van der Waals surface area contributed by atoms with Crippen LogP contribution in [-0.4, -0.2) is 60.5 Å². The second kappa shape index (κ2) is 4.72. The molecule has 2 fully saturated rings. The minimum atomic E-state index is 0.281. The van der Waals surface area contributed by atoms with Crippen LogP contribution in [0.5, 0.6) is 0 Å². The van der Waals surface area contributed by atoms with Crippen molar-refractivity contribution in [3.63, 3.8) is 0 Å². The first kappa shape index (κ1) is 11.9. The molecular weight excluding hydrogens is 202 g/mol. The summed E-state index contributed by atoms with van der Waals surface area (Å²) in [6.45, 7) is 6.90. The number of nitrogens with zero attached hydrogens (tertiary/aromatic N) is 2. The standard InChI is InChI=1S/C12H23N3O/c1-9-6-15(7-10(2)13-9)8-12(16)14(3)11-4-5-11/h9-11,13H,4-8H2,1-3H3. The molecule has 1 N–H and O–H groups in total. The van der Waals surface area contributed by atoms with Crippen molar-refractivity contribution in [2.24, 2.45) is 0 Å². The molecule has 1 heterocycles. The van der Waals surface area contributed by atoms with Crippen LogP contribution >= 0.6 is 0 Å². The number of likely N-dealkylation sites (N-methyl/N-ethyl adjacent to an activating group) is 1. The molecule has 2 aliphatic rings. The minimum Gasteiger partial charge on any atom is -0.342 e. The summed E-state index contributed by atoms with van der Waals surface area (Å²) in [4.78, 5) is 16.2. The molecule has 0 bridgehead atoms. The molecule has 1 saturated heterocycles. The minimum absolute atomic E-state index is 0.281. The number of hydrogen-bond donors (Lipinski definition) is 1. The van der Waals surface area contributed by atoms with E-state index in [-0.39, 0.29) is 5.91 Å². The molecular formula is C12H23N3O. The normalized spacial score (nSPS) is 31.4. The van der Waals surface area contributed by atoms with E-state index < -0.39 is 0 Å². The van der Waals surface area contributed by atoms with Crippen molar-refractivity contribution in [1.82, 2.24) is 15.1 Å². The third kappa shape index (κ3) is 2.95. The maximum Gasteiger partial charge on any atom is 0.236 e. The van der Waals surface area contributed by atoms with Gasteiger partial charge in [0.1, 0.15) is 0 Å². The first-order chi connectivity index (χ1) is 7.56. The van der Waals surface area contributed by atoms with Gasteiger partial charge in [-0.3, -0.25) is 9.69 Å². The summed E-state index contributed by atoms with van der Waals surface area (Å²) >= 11 is 0. The maximum atomic E-state index is 12.0. The molecule has 2 atom stereocenters. The number of amides is 1. The topological polar surface area (TPSA) is 35.6 Å². The van der Waals surface area contributed by atoms with E-state index in [2.05, 4.69) is 24.1 Å². The summed E-state index contributed by atoms with van der Waals surface area (Å²) in [5.74, 6) is 0.281. The highest BCUT2D eigenvalue weighted by Gasteiger charge is 2.31. The molecule has 1 amide bonds. The van der Waals surface area contributed by atoms with Crippen LogP contribution in [0.1, 0.15) is 26.7 Å². The lowest BCUT2D eigenvalue weighted by Gasteiger charge is -2.36. The zero-order valence-electron chi connectivity index (χ0n) is 10.6. The first-order valence-electron chi connectivity index (χ1n) is 6.30. The Bertz CT molecular complexity index is 255. The summed E-state index contributed by atoms with van der Waals surface area (Å²) in [7, 11) is 1.94. The molecule has 92 valence electrons. The van der Waals surface area contributed by atoms with Gasteiger partial charge in [-0.1, -0.05) is 0 Å². The molecule has 1 saturated carbocycles. The van der Waals surface area contributed by atoms with Gasteiger partial charge in [-0.05, 0) is 26.7 Å². The second-order valence-electron chi connectivity index (χ2n) is 5.40. The Hall–Kier alpha value is -0.610. The molecule has 0 aromatic rings. The number of rotatable bonds is 3. The lowest BCUT2D eigenvalue weighted by molar-refractivity contribution is -0.132. The van der Waals surface area contributed by atoms with Crippen molar-refractivity contribution in [3.8, 4) is 0 Å². The van der Waals surface area contributed by atoms with Gasteiger partial charge in [0.15, 0.2) is 0 Å². The van der Waals surface area contributed by atoms with Crippen molar-refractivity contribution in [2.45, 2.75) is 44.8 Å². The van der Waals surface area contributed by atoms with Gasteiger partial charge < -0.3 is 10.2 Å². The van der Waals surface area contributed by atoms with Crippen LogP contribution < -0.4 is 5.32 Å². The molecule has 1 aliphatic carbocycles. The molecule has 4 heteroatoms. The summed E-state index contributed by atoms with van der Waals surface area (Å²) in [6.07, 6.45) is 2.38. The average molecular weight is 225 g/mol. The van der Waals surface area contributed by atoms with E-state index in [1.54, 1.807) is 0 Å². The zero-order chi connectivity index (χ0) is 11.7. The van der Waals surface area contributed by atoms with Crippen LogP contribution in [0.25, 0.3) is 0 Å². The maximum absolute atomic E-state index is 12.0. The third-order valence-electron chi connectivity index (χ3n) is 3.48. The van der Waals surface area contributed by atoms with Gasteiger partial charge in [0.2, 0.25) is 5.91 Å². The fraction of sp³-hybridized carbons (Fsp3) is 0.917. The van der Waals surface area contributed by atoms with Crippen LogP contribution in [0, 0.1) is 0 Å². The number of carbonyl (C=O) groups excluding carboxylic acids is 1. The molecule has 1 aliphatic heterocycles. The molecule has 16 heavy (non-hydrogen) atoms. The van der Waals surface area contributed by atoms with Crippen molar-refractivity contribution < 1.29 is 4.79 Å². The molecule has 0 aromatic carbocycles. The number of hydrogen-bond acceptors (Lipinski definition) is 3. The predicted molar refractivity (Wildman–Crippen MR) is 64.3 cm³/mol. The molecule has 2 unspecified atom stereocenters. The Morgan fingerprint density at radius 3 is 2.38 bits per heavy atom. The van der Waals surface area contributed by atoms with Gasteiger partial charge in [0, 0.05) is 38.3 Å². The molecule has 0 aromatic heterocycles. The molecule has 4 nitrogen and oxygen atoms in total. The van der Waals surface area contributed by atoms with Crippen LogP contribution in [0.15, 0.2) is 0 Å². The van der Waals surface area contributed by atoms with Crippen molar-refractivity contribution in [3.05, 3.63) is 0 Å². The number of piperazine rings is 1. The van der Waals surface area contributed by atoms with E-state index in [4.69, 9.17) is 0 Å². The lowest BCUT2D eigenvalue weighted by atomic mass is 10.1. The van der Waals surface area contributed by atoms with Gasteiger partial charge in [0.05, 0.1) is 6.54 Å². The lowest BCUT2D eigenvalue weighted by Crippen LogP contribution is -2.56. The fourth-order valence-corrected chi connectivity index (χ4v) is 2.54. The van der Waals surface area contributed by atoms with Gasteiger partial charge in [-0.2, -0.15) is 0 Å². The Labute approximate surface area is 98.0 Å². The van der Waals surface area contributed by atoms with Crippen LogP contribution in [0.4, 0.5) is 0 Å². The van der Waals surface area contributed by atoms with Crippen LogP contribution in [0.3, 0.4) is 0 Å². The van der Waals surface area contributed by atoms with Crippen molar-refractivity contribution in [1.29, 1.82) is 0 Å². The highest BCUT2D eigenvalue weighted by atomic mass is 16.2. The van der Waals surface area contributed by atoms with Gasteiger partial charge in [-0.25, -0.2) is 0 Å². The summed E-state index contributed by atoms with van der Waals surface area (Å²) in [6, 6.07) is 1.51. The first-order valence-corrected chi connectivity index (χ1v) is 6.30.